The van der Waals surface area contributed by atoms with Gasteiger partial charge in [-0.25, -0.2) is 4.98 Å². The van der Waals surface area contributed by atoms with Crippen LogP contribution < -0.4 is 15.8 Å². The molecule has 6 nitrogen and oxygen atoms in total. The second-order valence-corrected chi connectivity index (χ2v) is 6.62. The van der Waals surface area contributed by atoms with Crippen LogP contribution in [0.2, 0.25) is 10.0 Å². The molecular weight excluding hydrogens is 399 g/mol. The highest BCUT2D eigenvalue weighted by molar-refractivity contribution is 6.35. The third kappa shape index (κ3) is 4.71. The molecule has 0 saturated heterocycles. The lowest BCUT2D eigenvalue weighted by atomic mass is 10.0. The molecule has 2 aromatic carbocycles. The molecule has 1 amide bonds. The fourth-order valence-electron chi connectivity index (χ4n) is 2.44. The van der Waals surface area contributed by atoms with Crippen LogP contribution in [0.5, 0.6) is 11.6 Å². The molecule has 8 heteroatoms. The number of carbonyl (C=O) groups excluding carboxylic acids is 1. The minimum atomic E-state index is -0.744. The van der Waals surface area contributed by atoms with Crippen LogP contribution in [-0.2, 0) is 4.79 Å². The van der Waals surface area contributed by atoms with E-state index < -0.39 is 11.9 Å². The smallest absolute Gasteiger partial charge is 0.244 e. The van der Waals surface area contributed by atoms with E-state index in [1.165, 1.54) is 12.3 Å². The highest BCUT2D eigenvalue weighted by Crippen LogP contribution is 2.30. The van der Waals surface area contributed by atoms with Crippen molar-refractivity contribution in [1.29, 1.82) is 5.26 Å². The Bertz CT molecular complexity index is 1030. The average molecular weight is 413 g/mol. The standard InChI is InChI=1S/C20H14Cl2N4O2/c21-14-9-17(22)20(25-11-14)28-16-7-5-15(6-8-16)26-18(19(24)27)13-3-1-12(10-23)2-4-13/h1-9,11,18,26H,(H2,24,27). The van der Waals surface area contributed by atoms with Gasteiger partial charge in [-0.15, -0.1) is 0 Å². The van der Waals surface area contributed by atoms with Crippen molar-refractivity contribution in [2.24, 2.45) is 5.73 Å². The number of carbonyl (C=O) groups is 1. The number of rotatable bonds is 6. The summed E-state index contributed by atoms with van der Waals surface area (Å²) < 4.78 is 5.63. The summed E-state index contributed by atoms with van der Waals surface area (Å²) in [5.74, 6) is 0.206. The maximum Gasteiger partial charge on any atom is 0.244 e. The van der Waals surface area contributed by atoms with Crippen LogP contribution in [0.25, 0.3) is 0 Å². The highest BCUT2D eigenvalue weighted by Gasteiger charge is 2.17. The van der Waals surface area contributed by atoms with Gasteiger partial charge >= 0.3 is 0 Å². The number of aromatic nitrogens is 1. The van der Waals surface area contributed by atoms with Gasteiger partial charge in [0.1, 0.15) is 16.8 Å². The fourth-order valence-corrected chi connectivity index (χ4v) is 2.86. The number of nitrogens with two attached hydrogens (primary N) is 1. The van der Waals surface area contributed by atoms with E-state index in [0.29, 0.717) is 32.6 Å². The predicted molar refractivity (Wildman–Crippen MR) is 107 cm³/mol. The molecule has 0 bridgehead atoms. The van der Waals surface area contributed by atoms with Crippen molar-refractivity contribution in [3.05, 3.63) is 82.0 Å². The largest absolute Gasteiger partial charge is 0.438 e. The van der Waals surface area contributed by atoms with Crippen LogP contribution in [0, 0.1) is 11.3 Å². The molecule has 0 spiro atoms. The molecule has 3 N–H and O–H groups in total. The van der Waals surface area contributed by atoms with Gasteiger partial charge in [0.25, 0.3) is 0 Å². The molecule has 0 aliphatic carbocycles. The zero-order valence-electron chi connectivity index (χ0n) is 14.4. The molecule has 1 atom stereocenters. The number of hydrogen-bond donors (Lipinski definition) is 2. The first-order valence-electron chi connectivity index (χ1n) is 8.11. The van der Waals surface area contributed by atoms with E-state index in [0.717, 1.165) is 0 Å². The number of primary amides is 1. The zero-order chi connectivity index (χ0) is 20.1. The Morgan fingerprint density at radius 2 is 1.82 bits per heavy atom. The Balaban J connectivity index is 1.74. The highest BCUT2D eigenvalue weighted by atomic mass is 35.5. The number of hydrogen-bond acceptors (Lipinski definition) is 5. The Kier molecular flexibility index (Phi) is 5.99. The Morgan fingerprint density at radius 1 is 1.14 bits per heavy atom. The summed E-state index contributed by atoms with van der Waals surface area (Å²) in [6.45, 7) is 0. The first-order valence-corrected chi connectivity index (χ1v) is 8.87. The lowest BCUT2D eigenvalue weighted by molar-refractivity contribution is -0.118. The number of anilines is 1. The van der Waals surface area contributed by atoms with Crippen LogP contribution in [0.3, 0.4) is 0 Å². The fraction of sp³-hybridized carbons (Fsp3) is 0.0500. The Hall–Kier alpha value is -3.27. The van der Waals surface area contributed by atoms with Crippen molar-refractivity contribution >= 4 is 34.8 Å². The lowest BCUT2D eigenvalue weighted by Gasteiger charge is -2.17. The van der Waals surface area contributed by atoms with E-state index in [4.69, 9.17) is 38.9 Å². The van der Waals surface area contributed by atoms with Crippen molar-refractivity contribution in [1.82, 2.24) is 4.98 Å². The Labute approximate surface area is 171 Å². The monoisotopic (exact) mass is 412 g/mol. The van der Waals surface area contributed by atoms with E-state index in [1.807, 2.05) is 6.07 Å². The molecule has 0 aliphatic rings. The van der Waals surface area contributed by atoms with Crippen molar-refractivity contribution < 1.29 is 9.53 Å². The summed E-state index contributed by atoms with van der Waals surface area (Å²) in [7, 11) is 0. The van der Waals surface area contributed by atoms with Gasteiger partial charge in [-0.05, 0) is 48.0 Å². The number of halogens is 2. The van der Waals surface area contributed by atoms with Gasteiger partial charge in [0, 0.05) is 11.9 Å². The quantitative estimate of drug-likeness (QED) is 0.611. The summed E-state index contributed by atoms with van der Waals surface area (Å²) in [6.07, 6.45) is 1.44. The van der Waals surface area contributed by atoms with Crippen LogP contribution in [0.1, 0.15) is 17.2 Å². The third-order valence-corrected chi connectivity index (χ3v) is 4.29. The number of nitriles is 1. The van der Waals surface area contributed by atoms with Crippen LogP contribution in [0.4, 0.5) is 5.69 Å². The van der Waals surface area contributed by atoms with Crippen molar-refractivity contribution in [2.75, 3.05) is 5.32 Å². The molecule has 0 radical (unpaired) electrons. The molecule has 1 heterocycles. The van der Waals surface area contributed by atoms with Gasteiger partial charge in [-0.3, -0.25) is 4.79 Å². The Morgan fingerprint density at radius 3 is 2.39 bits per heavy atom. The number of nitrogens with one attached hydrogen (secondary N) is 1. The van der Waals surface area contributed by atoms with Gasteiger partial charge in [0.2, 0.25) is 11.8 Å². The van der Waals surface area contributed by atoms with Gasteiger partial charge in [0.15, 0.2) is 0 Å². The number of nitrogens with zero attached hydrogens (tertiary/aromatic N) is 2. The summed E-state index contributed by atoms with van der Waals surface area (Å²) in [4.78, 5) is 15.9. The normalized spacial score (nSPS) is 11.3. The number of pyridine rings is 1. The SMILES string of the molecule is N#Cc1ccc(C(Nc2ccc(Oc3ncc(Cl)cc3Cl)cc2)C(N)=O)cc1. The zero-order valence-corrected chi connectivity index (χ0v) is 15.9. The number of benzene rings is 2. The third-order valence-electron chi connectivity index (χ3n) is 3.81. The maximum absolute atomic E-state index is 11.9. The average Bonchev–Trinajstić information content (AvgIpc) is 2.69. The van der Waals surface area contributed by atoms with Crippen molar-refractivity contribution in [3.63, 3.8) is 0 Å². The molecule has 1 unspecified atom stereocenters. The van der Waals surface area contributed by atoms with Gasteiger partial charge in [0.05, 0.1) is 16.7 Å². The van der Waals surface area contributed by atoms with Crippen LogP contribution >= 0.6 is 23.2 Å². The van der Waals surface area contributed by atoms with E-state index in [-0.39, 0.29) is 5.88 Å². The van der Waals surface area contributed by atoms with Gasteiger partial charge in [-0.1, -0.05) is 35.3 Å². The summed E-state index contributed by atoms with van der Waals surface area (Å²) in [6, 6.07) is 16.3. The molecule has 0 saturated carbocycles. The molecule has 28 heavy (non-hydrogen) atoms. The van der Waals surface area contributed by atoms with Gasteiger partial charge in [-0.2, -0.15) is 5.26 Å². The van der Waals surface area contributed by atoms with Gasteiger partial charge < -0.3 is 15.8 Å². The topological polar surface area (TPSA) is 101 Å². The molecule has 0 aliphatic heterocycles. The second-order valence-electron chi connectivity index (χ2n) is 5.78. The van der Waals surface area contributed by atoms with Crippen LogP contribution in [0.15, 0.2) is 60.8 Å². The molecule has 0 fully saturated rings. The first-order chi connectivity index (χ1) is 13.5. The minimum absolute atomic E-state index is 0.236. The van der Waals surface area contributed by atoms with E-state index >= 15 is 0 Å². The van der Waals surface area contributed by atoms with Crippen molar-refractivity contribution in [2.45, 2.75) is 6.04 Å². The van der Waals surface area contributed by atoms with E-state index in [9.17, 15) is 4.79 Å². The summed E-state index contributed by atoms with van der Waals surface area (Å²) >= 11 is 11.9. The lowest BCUT2D eigenvalue weighted by Crippen LogP contribution is -2.27. The molecule has 140 valence electrons. The van der Waals surface area contributed by atoms with Crippen molar-refractivity contribution in [3.8, 4) is 17.7 Å². The van der Waals surface area contributed by atoms with Crippen LogP contribution in [-0.4, -0.2) is 10.9 Å². The van der Waals surface area contributed by atoms with E-state index in [1.54, 1.807) is 48.5 Å². The molecular formula is C20H14Cl2N4O2. The number of amides is 1. The predicted octanol–water partition coefficient (Wildman–Crippen LogP) is 4.69. The first kappa shape index (κ1) is 19.5. The molecule has 1 aromatic heterocycles. The second kappa shape index (κ2) is 8.61. The van der Waals surface area contributed by atoms with E-state index in [2.05, 4.69) is 10.3 Å². The summed E-state index contributed by atoms with van der Waals surface area (Å²) in [5.41, 5.74) is 7.35. The molecule has 3 rings (SSSR count). The summed E-state index contributed by atoms with van der Waals surface area (Å²) in [5, 5.41) is 12.7. The molecule has 3 aromatic rings. The maximum atomic E-state index is 11.9. The minimum Gasteiger partial charge on any atom is -0.438 e. The number of ether oxygens (including phenoxy) is 1.